The van der Waals surface area contributed by atoms with Crippen LogP contribution >= 0.6 is 11.6 Å². The molecular weight excluding hydrogens is 260 g/mol. The zero-order chi connectivity index (χ0) is 13.1. The molecule has 2 rings (SSSR count). The van der Waals surface area contributed by atoms with Gasteiger partial charge in [0, 0.05) is 5.69 Å². The van der Waals surface area contributed by atoms with Gasteiger partial charge in [0.1, 0.15) is 6.61 Å². The van der Waals surface area contributed by atoms with E-state index in [0.717, 1.165) is 5.56 Å². The minimum atomic E-state index is -0.705. The second-order valence-corrected chi connectivity index (χ2v) is 4.11. The van der Waals surface area contributed by atoms with Gasteiger partial charge in [0.2, 0.25) is 5.91 Å². The van der Waals surface area contributed by atoms with Gasteiger partial charge in [-0.1, -0.05) is 11.6 Å². The lowest BCUT2D eigenvalue weighted by atomic mass is 10.1. The first-order chi connectivity index (χ1) is 8.60. The summed E-state index contributed by atoms with van der Waals surface area (Å²) in [6, 6.07) is 3.19. The zero-order valence-corrected chi connectivity index (χ0v) is 10.1. The Morgan fingerprint density at radius 3 is 3.06 bits per heavy atom. The molecule has 1 aliphatic rings. The van der Waals surface area contributed by atoms with Crippen LogP contribution < -0.4 is 10.6 Å². The Labute approximate surface area is 108 Å². The SMILES string of the molecule is O=C1Cc2cc(NC(=O)OCCO)c(Cl)cc2N1. The Balaban J connectivity index is 2.12. The summed E-state index contributed by atoms with van der Waals surface area (Å²) < 4.78 is 4.65. The van der Waals surface area contributed by atoms with Gasteiger partial charge in [-0.05, 0) is 17.7 Å². The van der Waals surface area contributed by atoms with E-state index in [0.29, 0.717) is 16.4 Å². The molecule has 6 nitrogen and oxygen atoms in total. The van der Waals surface area contributed by atoms with Crippen molar-refractivity contribution in [2.75, 3.05) is 23.8 Å². The highest BCUT2D eigenvalue weighted by Crippen LogP contribution is 2.32. The van der Waals surface area contributed by atoms with Crippen molar-refractivity contribution in [1.82, 2.24) is 0 Å². The summed E-state index contributed by atoms with van der Waals surface area (Å²) in [6.45, 7) is -0.335. The molecule has 2 amide bonds. The first kappa shape index (κ1) is 12.7. The number of carbonyl (C=O) groups is 2. The minimum Gasteiger partial charge on any atom is -0.447 e. The number of ether oxygens (including phenoxy) is 1. The van der Waals surface area contributed by atoms with Crippen LogP contribution in [0.1, 0.15) is 5.56 Å². The fourth-order valence-electron chi connectivity index (χ4n) is 1.63. The van der Waals surface area contributed by atoms with Crippen LogP contribution in [-0.4, -0.2) is 30.3 Å². The molecule has 0 bridgehead atoms. The lowest BCUT2D eigenvalue weighted by Crippen LogP contribution is -2.16. The molecule has 0 radical (unpaired) electrons. The normalized spacial score (nSPS) is 12.9. The van der Waals surface area contributed by atoms with Gasteiger partial charge < -0.3 is 15.2 Å². The van der Waals surface area contributed by atoms with Gasteiger partial charge in [0.15, 0.2) is 0 Å². The number of anilines is 2. The van der Waals surface area contributed by atoms with Gasteiger partial charge in [-0.2, -0.15) is 0 Å². The van der Waals surface area contributed by atoms with E-state index in [4.69, 9.17) is 16.7 Å². The number of hydrogen-bond acceptors (Lipinski definition) is 4. The van der Waals surface area contributed by atoms with E-state index in [2.05, 4.69) is 15.4 Å². The van der Waals surface area contributed by atoms with Gasteiger partial charge in [0.25, 0.3) is 0 Å². The van der Waals surface area contributed by atoms with E-state index in [9.17, 15) is 9.59 Å². The van der Waals surface area contributed by atoms with Gasteiger partial charge in [-0.3, -0.25) is 10.1 Å². The summed E-state index contributed by atoms with van der Waals surface area (Å²) >= 11 is 5.96. The van der Waals surface area contributed by atoms with E-state index >= 15 is 0 Å². The average Bonchev–Trinajstić information content (AvgIpc) is 2.66. The smallest absolute Gasteiger partial charge is 0.411 e. The van der Waals surface area contributed by atoms with Crippen LogP contribution in [-0.2, 0) is 16.0 Å². The number of rotatable bonds is 3. The minimum absolute atomic E-state index is 0.0889. The van der Waals surface area contributed by atoms with Crippen LogP contribution in [0, 0.1) is 0 Å². The molecule has 0 saturated carbocycles. The first-order valence-corrected chi connectivity index (χ1v) is 5.65. The van der Waals surface area contributed by atoms with Crippen molar-refractivity contribution in [2.24, 2.45) is 0 Å². The van der Waals surface area contributed by atoms with Crippen molar-refractivity contribution in [3.8, 4) is 0 Å². The molecule has 1 aromatic rings. The highest BCUT2D eigenvalue weighted by molar-refractivity contribution is 6.34. The lowest BCUT2D eigenvalue weighted by molar-refractivity contribution is -0.115. The van der Waals surface area contributed by atoms with Crippen LogP contribution in [0.5, 0.6) is 0 Å². The number of aliphatic hydroxyl groups excluding tert-OH is 1. The molecule has 0 spiro atoms. The first-order valence-electron chi connectivity index (χ1n) is 5.27. The fourth-order valence-corrected chi connectivity index (χ4v) is 1.84. The zero-order valence-electron chi connectivity index (χ0n) is 9.33. The molecule has 0 atom stereocenters. The van der Waals surface area contributed by atoms with Gasteiger partial charge >= 0.3 is 6.09 Å². The number of hydrogen-bond donors (Lipinski definition) is 3. The summed E-state index contributed by atoms with van der Waals surface area (Å²) in [5.41, 5.74) is 1.79. The standard InChI is InChI=1S/C11H11ClN2O4/c12-7-5-8-6(4-10(16)13-8)3-9(7)14-11(17)18-2-1-15/h3,5,15H,1-2,4H2,(H,13,16)(H,14,17). The van der Waals surface area contributed by atoms with Crippen molar-refractivity contribution in [3.05, 3.63) is 22.7 Å². The Kier molecular flexibility index (Phi) is 3.69. The molecule has 96 valence electrons. The predicted molar refractivity (Wildman–Crippen MR) is 65.8 cm³/mol. The second-order valence-electron chi connectivity index (χ2n) is 3.70. The number of amides is 2. The van der Waals surface area contributed by atoms with Crippen molar-refractivity contribution in [2.45, 2.75) is 6.42 Å². The van der Waals surface area contributed by atoms with Crippen molar-refractivity contribution in [1.29, 1.82) is 0 Å². The maximum atomic E-state index is 11.3. The molecular formula is C11H11ClN2O4. The van der Waals surface area contributed by atoms with Crippen molar-refractivity contribution in [3.63, 3.8) is 0 Å². The highest BCUT2D eigenvalue weighted by Gasteiger charge is 2.20. The van der Waals surface area contributed by atoms with Crippen molar-refractivity contribution < 1.29 is 19.4 Å². The summed E-state index contributed by atoms with van der Waals surface area (Å²) in [5, 5.41) is 13.9. The molecule has 18 heavy (non-hydrogen) atoms. The highest BCUT2D eigenvalue weighted by atomic mass is 35.5. The van der Waals surface area contributed by atoms with Crippen LogP contribution in [0.4, 0.5) is 16.2 Å². The molecule has 1 aromatic carbocycles. The monoisotopic (exact) mass is 270 g/mol. The largest absolute Gasteiger partial charge is 0.447 e. The topological polar surface area (TPSA) is 87.7 Å². The average molecular weight is 271 g/mol. The third kappa shape index (κ3) is 2.72. The molecule has 1 aliphatic heterocycles. The van der Waals surface area contributed by atoms with Gasteiger partial charge in [-0.25, -0.2) is 4.79 Å². The molecule has 7 heteroatoms. The summed E-state index contributed by atoms with van der Waals surface area (Å²) in [7, 11) is 0. The molecule has 1 heterocycles. The molecule has 3 N–H and O–H groups in total. The summed E-state index contributed by atoms with van der Waals surface area (Å²) in [5.74, 6) is -0.110. The number of aliphatic hydroxyl groups is 1. The van der Waals surface area contributed by atoms with Crippen molar-refractivity contribution >= 4 is 35.0 Å². The Morgan fingerprint density at radius 1 is 1.56 bits per heavy atom. The number of halogens is 1. The van der Waals surface area contributed by atoms with E-state index in [1.807, 2.05) is 0 Å². The van der Waals surface area contributed by atoms with E-state index in [1.165, 1.54) is 0 Å². The maximum Gasteiger partial charge on any atom is 0.411 e. The molecule has 0 saturated heterocycles. The third-order valence-electron chi connectivity index (χ3n) is 2.38. The fraction of sp³-hybridized carbons (Fsp3) is 0.273. The lowest BCUT2D eigenvalue weighted by Gasteiger charge is -2.09. The third-order valence-corrected chi connectivity index (χ3v) is 2.69. The number of carbonyl (C=O) groups excluding carboxylic acids is 2. The maximum absolute atomic E-state index is 11.3. The quantitative estimate of drug-likeness (QED) is 0.774. The number of nitrogens with one attached hydrogen (secondary N) is 2. The van der Waals surface area contributed by atoms with Crippen LogP contribution in [0.3, 0.4) is 0 Å². The van der Waals surface area contributed by atoms with Gasteiger partial charge in [-0.15, -0.1) is 0 Å². The Bertz CT molecular complexity index is 504. The van der Waals surface area contributed by atoms with Crippen LogP contribution in [0.25, 0.3) is 0 Å². The summed E-state index contributed by atoms with van der Waals surface area (Å²) in [4.78, 5) is 22.5. The molecule has 0 aromatic heterocycles. The van der Waals surface area contributed by atoms with E-state index in [-0.39, 0.29) is 25.5 Å². The second kappa shape index (κ2) is 5.24. The van der Waals surface area contributed by atoms with Crippen LogP contribution in [0.2, 0.25) is 5.02 Å². The Hall–Kier alpha value is -1.79. The molecule has 0 unspecified atom stereocenters. The predicted octanol–water partition coefficient (Wildman–Crippen LogP) is 1.38. The summed E-state index contributed by atoms with van der Waals surface area (Å²) in [6.07, 6.45) is -0.449. The van der Waals surface area contributed by atoms with E-state index < -0.39 is 6.09 Å². The van der Waals surface area contributed by atoms with E-state index in [1.54, 1.807) is 12.1 Å². The van der Waals surface area contributed by atoms with Crippen LogP contribution in [0.15, 0.2) is 12.1 Å². The molecule has 0 aliphatic carbocycles. The Morgan fingerprint density at radius 2 is 2.33 bits per heavy atom. The molecule has 0 fully saturated rings. The number of fused-ring (bicyclic) bond motifs is 1. The van der Waals surface area contributed by atoms with Gasteiger partial charge in [0.05, 0.1) is 23.7 Å². The number of benzene rings is 1.